The molecule has 1 aliphatic rings. The number of ether oxygens (including phenoxy) is 1. The monoisotopic (exact) mass is 392 g/mol. The zero-order valence-corrected chi connectivity index (χ0v) is 16.4. The number of halogens is 1. The van der Waals surface area contributed by atoms with E-state index < -0.39 is 5.97 Å². The number of piperidine rings is 1. The Hall–Kier alpha value is -1.92. The number of pyridine rings is 1. The summed E-state index contributed by atoms with van der Waals surface area (Å²) in [6.45, 7) is 5.36. The molecule has 2 aromatic rings. The highest BCUT2D eigenvalue weighted by Gasteiger charge is 2.29. The Kier molecular flexibility index (Phi) is 5.94. The predicted molar refractivity (Wildman–Crippen MR) is 102 cm³/mol. The SMILES string of the molecule is CCOC(=O)c1cc(Cl)cnc1C1CCN(C(=O)c2csc(C)c2)CC1. The second-order valence-electron chi connectivity index (χ2n) is 6.32. The quantitative estimate of drug-likeness (QED) is 0.728. The summed E-state index contributed by atoms with van der Waals surface area (Å²) in [4.78, 5) is 32.2. The number of esters is 1. The number of aryl methyl sites for hydroxylation is 1. The number of carbonyl (C=O) groups excluding carboxylic acids is 2. The van der Waals surface area contributed by atoms with Crippen LogP contribution in [0.25, 0.3) is 0 Å². The molecule has 2 aromatic heterocycles. The highest BCUT2D eigenvalue weighted by atomic mass is 35.5. The molecule has 3 heterocycles. The van der Waals surface area contributed by atoms with Crippen LogP contribution in [0.15, 0.2) is 23.7 Å². The summed E-state index contributed by atoms with van der Waals surface area (Å²) in [7, 11) is 0. The van der Waals surface area contributed by atoms with E-state index in [-0.39, 0.29) is 11.8 Å². The molecule has 138 valence electrons. The van der Waals surface area contributed by atoms with Crippen molar-refractivity contribution in [2.75, 3.05) is 19.7 Å². The van der Waals surface area contributed by atoms with Crippen LogP contribution in [0.1, 0.15) is 57.0 Å². The van der Waals surface area contributed by atoms with Crippen LogP contribution in [0, 0.1) is 6.92 Å². The van der Waals surface area contributed by atoms with E-state index >= 15 is 0 Å². The molecule has 3 rings (SSSR count). The Morgan fingerprint density at radius 3 is 2.69 bits per heavy atom. The van der Waals surface area contributed by atoms with E-state index in [2.05, 4.69) is 4.98 Å². The third-order valence-electron chi connectivity index (χ3n) is 4.53. The fraction of sp³-hybridized carbons (Fsp3) is 0.421. The minimum atomic E-state index is -0.398. The number of hydrogen-bond acceptors (Lipinski definition) is 5. The highest BCUT2D eigenvalue weighted by molar-refractivity contribution is 7.10. The zero-order chi connectivity index (χ0) is 18.7. The Morgan fingerprint density at radius 1 is 1.35 bits per heavy atom. The van der Waals surface area contributed by atoms with Gasteiger partial charge in [0, 0.05) is 35.5 Å². The van der Waals surface area contributed by atoms with Gasteiger partial charge in [0.15, 0.2) is 0 Å². The molecule has 1 aliphatic heterocycles. The van der Waals surface area contributed by atoms with Gasteiger partial charge in [-0.25, -0.2) is 4.79 Å². The smallest absolute Gasteiger partial charge is 0.340 e. The summed E-state index contributed by atoms with van der Waals surface area (Å²) in [6.07, 6.45) is 3.08. The van der Waals surface area contributed by atoms with Crippen molar-refractivity contribution in [1.82, 2.24) is 9.88 Å². The normalized spacial score (nSPS) is 15.1. The third kappa shape index (κ3) is 4.07. The molecule has 0 bridgehead atoms. The van der Waals surface area contributed by atoms with Gasteiger partial charge in [-0.05, 0) is 38.8 Å². The van der Waals surface area contributed by atoms with Crippen LogP contribution in [0.3, 0.4) is 0 Å². The molecule has 0 radical (unpaired) electrons. The second kappa shape index (κ2) is 8.18. The van der Waals surface area contributed by atoms with Crippen molar-refractivity contribution in [1.29, 1.82) is 0 Å². The van der Waals surface area contributed by atoms with Crippen molar-refractivity contribution in [2.45, 2.75) is 32.6 Å². The molecule has 0 spiro atoms. The van der Waals surface area contributed by atoms with Crippen LogP contribution in [-0.4, -0.2) is 41.5 Å². The fourth-order valence-corrected chi connectivity index (χ4v) is 4.08. The summed E-state index contributed by atoms with van der Waals surface area (Å²) in [5.41, 5.74) is 1.90. The number of likely N-dealkylation sites (tertiary alicyclic amines) is 1. The van der Waals surface area contributed by atoms with E-state index in [0.717, 1.165) is 23.3 Å². The van der Waals surface area contributed by atoms with E-state index in [1.807, 2.05) is 23.3 Å². The first kappa shape index (κ1) is 18.9. The maximum Gasteiger partial charge on any atom is 0.340 e. The average Bonchev–Trinajstić information content (AvgIpc) is 3.08. The molecular formula is C19H21ClN2O3S. The first-order valence-electron chi connectivity index (χ1n) is 8.66. The third-order valence-corrected chi connectivity index (χ3v) is 5.59. The lowest BCUT2D eigenvalue weighted by Gasteiger charge is -2.32. The van der Waals surface area contributed by atoms with E-state index in [9.17, 15) is 9.59 Å². The number of carbonyl (C=O) groups is 2. The van der Waals surface area contributed by atoms with Crippen molar-refractivity contribution < 1.29 is 14.3 Å². The first-order chi connectivity index (χ1) is 12.5. The summed E-state index contributed by atoms with van der Waals surface area (Å²) < 4.78 is 5.13. The Labute approximate surface area is 161 Å². The van der Waals surface area contributed by atoms with Gasteiger partial charge in [0.05, 0.1) is 28.5 Å². The molecule has 0 unspecified atom stereocenters. The Balaban J connectivity index is 1.72. The Morgan fingerprint density at radius 2 is 2.08 bits per heavy atom. The van der Waals surface area contributed by atoms with E-state index in [1.165, 1.54) is 0 Å². The van der Waals surface area contributed by atoms with Gasteiger partial charge in [0.2, 0.25) is 0 Å². The van der Waals surface area contributed by atoms with Crippen LogP contribution in [0.4, 0.5) is 0 Å². The van der Waals surface area contributed by atoms with Gasteiger partial charge in [-0.3, -0.25) is 9.78 Å². The molecule has 0 saturated carbocycles. The fourth-order valence-electron chi connectivity index (χ4n) is 3.24. The lowest BCUT2D eigenvalue weighted by Crippen LogP contribution is -2.38. The minimum Gasteiger partial charge on any atom is -0.462 e. The largest absolute Gasteiger partial charge is 0.462 e. The van der Waals surface area contributed by atoms with E-state index in [1.54, 1.807) is 30.5 Å². The molecule has 1 saturated heterocycles. The van der Waals surface area contributed by atoms with Gasteiger partial charge in [-0.15, -0.1) is 11.3 Å². The molecule has 0 N–H and O–H groups in total. The first-order valence-corrected chi connectivity index (χ1v) is 9.92. The Bertz CT molecular complexity index is 813. The molecule has 7 heteroatoms. The second-order valence-corrected chi connectivity index (χ2v) is 7.87. The van der Waals surface area contributed by atoms with E-state index in [4.69, 9.17) is 16.3 Å². The standard InChI is InChI=1S/C19H21ClN2O3S/c1-3-25-19(24)16-9-15(20)10-21-17(16)13-4-6-22(7-5-13)18(23)14-8-12(2)26-11-14/h8-11,13H,3-7H2,1-2H3. The molecular weight excluding hydrogens is 372 g/mol. The minimum absolute atomic E-state index is 0.0717. The number of aromatic nitrogens is 1. The van der Waals surface area contributed by atoms with Crippen LogP contribution >= 0.6 is 22.9 Å². The number of thiophene rings is 1. The van der Waals surface area contributed by atoms with Crippen molar-refractivity contribution in [2.24, 2.45) is 0 Å². The molecule has 0 aliphatic carbocycles. The van der Waals surface area contributed by atoms with Crippen molar-refractivity contribution >= 4 is 34.8 Å². The molecule has 26 heavy (non-hydrogen) atoms. The lowest BCUT2D eigenvalue weighted by atomic mass is 9.90. The summed E-state index contributed by atoms with van der Waals surface area (Å²) in [5, 5.41) is 2.32. The van der Waals surface area contributed by atoms with Gasteiger partial charge in [-0.2, -0.15) is 0 Å². The molecule has 1 amide bonds. The van der Waals surface area contributed by atoms with E-state index in [0.29, 0.717) is 36.0 Å². The van der Waals surface area contributed by atoms with Crippen molar-refractivity contribution in [3.8, 4) is 0 Å². The van der Waals surface area contributed by atoms with Crippen LogP contribution in [-0.2, 0) is 4.74 Å². The van der Waals surface area contributed by atoms with Gasteiger partial charge in [0.25, 0.3) is 5.91 Å². The zero-order valence-electron chi connectivity index (χ0n) is 14.8. The van der Waals surface area contributed by atoms with Gasteiger partial charge in [-0.1, -0.05) is 11.6 Å². The van der Waals surface area contributed by atoms with Gasteiger partial charge in [0.1, 0.15) is 0 Å². The number of hydrogen-bond donors (Lipinski definition) is 0. The maximum atomic E-state index is 12.6. The summed E-state index contributed by atoms with van der Waals surface area (Å²) in [6, 6.07) is 3.55. The van der Waals surface area contributed by atoms with Crippen LogP contribution in [0.5, 0.6) is 0 Å². The van der Waals surface area contributed by atoms with Crippen molar-refractivity contribution in [3.05, 3.63) is 50.4 Å². The maximum absolute atomic E-state index is 12.6. The van der Waals surface area contributed by atoms with Crippen LogP contribution in [0.2, 0.25) is 5.02 Å². The molecule has 1 fully saturated rings. The van der Waals surface area contributed by atoms with Crippen LogP contribution < -0.4 is 0 Å². The number of nitrogens with zero attached hydrogens (tertiary/aromatic N) is 2. The number of rotatable bonds is 4. The molecule has 5 nitrogen and oxygen atoms in total. The lowest BCUT2D eigenvalue weighted by molar-refractivity contribution is 0.0521. The highest BCUT2D eigenvalue weighted by Crippen LogP contribution is 2.31. The van der Waals surface area contributed by atoms with Crippen molar-refractivity contribution in [3.63, 3.8) is 0 Å². The molecule has 0 aromatic carbocycles. The predicted octanol–water partition coefficient (Wildman–Crippen LogP) is 4.30. The topological polar surface area (TPSA) is 59.5 Å². The van der Waals surface area contributed by atoms with Gasteiger partial charge >= 0.3 is 5.97 Å². The average molecular weight is 393 g/mol. The molecule has 0 atom stereocenters. The number of amides is 1. The summed E-state index contributed by atoms with van der Waals surface area (Å²) in [5.74, 6) is -0.216. The summed E-state index contributed by atoms with van der Waals surface area (Å²) >= 11 is 7.60. The van der Waals surface area contributed by atoms with Gasteiger partial charge < -0.3 is 9.64 Å².